The number of fused-ring (bicyclic) bond motifs is 9. The summed E-state index contributed by atoms with van der Waals surface area (Å²) >= 11 is 0. The lowest BCUT2D eigenvalue weighted by Gasteiger charge is -2.36. The SMILES string of the molecule is CC(C)(C)c1ccc(N(c2ccc(-c3ccccc3)c(F)c2)c2cc3c(c4ccccc24)-c2c(cc(N(c4ccc(-c5ccccc5)cc4)c4ccc(-c5ccccc5)c(F)c4)c4c2oc2ccccc24)C3(c2ccccc2)c2ccccc2)cc1. The maximum absolute atomic E-state index is 17.3. The summed E-state index contributed by atoms with van der Waals surface area (Å²) in [5.74, 6) is -0.657. The Morgan fingerprint density at radius 3 is 1.28 bits per heavy atom. The second-order valence-electron chi connectivity index (χ2n) is 23.4. The number of rotatable bonds is 11. The lowest BCUT2D eigenvalue weighted by atomic mass is 9.67. The highest BCUT2D eigenvalue weighted by Crippen LogP contribution is 2.64. The average molecular weight is 1110 g/mol. The number of hydrogen-bond acceptors (Lipinski definition) is 3. The van der Waals surface area contributed by atoms with Crippen molar-refractivity contribution in [1.82, 2.24) is 0 Å². The van der Waals surface area contributed by atoms with Gasteiger partial charge >= 0.3 is 0 Å². The standard InChI is InChI=1S/C81H58F2N2O/c1-80(2,3)57-39-43-61(44-40-57)84(62-45-47-64(71(82)49-62)55-25-11-5-12-26-55)73-51-69-76(67-34-20-19-33-66(67)73)78-70(81(69,58-29-15-7-16-30-58)59-31-17-8-18-32-59)52-74(77-68-35-21-22-36-75(68)86-79(77)78)85(60-41-37-54(38-42-60)53-23-9-4-10-24-53)63-46-48-65(72(83)50-63)56-27-13-6-14-28-56/h4-52H,1-3H3. The van der Waals surface area contributed by atoms with E-state index in [4.69, 9.17) is 4.42 Å². The molecule has 0 spiro atoms. The van der Waals surface area contributed by atoms with Gasteiger partial charge in [0.2, 0.25) is 0 Å². The van der Waals surface area contributed by atoms with E-state index in [9.17, 15) is 0 Å². The van der Waals surface area contributed by atoms with Crippen molar-refractivity contribution < 1.29 is 13.2 Å². The van der Waals surface area contributed by atoms with Gasteiger partial charge in [0, 0.05) is 50.2 Å². The van der Waals surface area contributed by atoms with Gasteiger partial charge in [-0.25, -0.2) is 8.78 Å². The van der Waals surface area contributed by atoms with Gasteiger partial charge in [-0.05, 0) is 145 Å². The zero-order valence-electron chi connectivity index (χ0n) is 47.8. The van der Waals surface area contributed by atoms with Crippen LogP contribution in [-0.2, 0) is 10.8 Å². The van der Waals surface area contributed by atoms with E-state index in [1.807, 2.05) is 103 Å². The molecule has 0 saturated carbocycles. The van der Waals surface area contributed by atoms with Gasteiger partial charge in [-0.1, -0.05) is 239 Å². The zero-order valence-corrected chi connectivity index (χ0v) is 47.8. The summed E-state index contributed by atoms with van der Waals surface area (Å²) in [6.45, 7) is 6.67. The second-order valence-corrected chi connectivity index (χ2v) is 23.4. The van der Waals surface area contributed by atoms with Crippen molar-refractivity contribution in [3.05, 3.63) is 337 Å². The van der Waals surface area contributed by atoms with Gasteiger partial charge in [0.05, 0.1) is 22.2 Å². The van der Waals surface area contributed by atoms with Crippen LogP contribution in [0.4, 0.5) is 42.9 Å². The molecular formula is C81H58F2N2O. The van der Waals surface area contributed by atoms with Crippen molar-refractivity contribution in [2.45, 2.75) is 31.6 Å². The third-order valence-electron chi connectivity index (χ3n) is 17.4. The van der Waals surface area contributed by atoms with E-state index in [1.165, 1.54) is 5.56 Å². The fraction of sp³-hybridized carbons (Fsp3) is 0.0617. The summed E-state index contributed by atoms with van der Waals surface area (Å²) in [6.07, 6.45) is 0. The van der Waals surface area contributed by atoms with Crippen molar-refractivity contribution >= 4 is 66.8 Å². The molecule has 0 radical (unpaired) electrons. The van der Waals surface area contributed by atoms with E-state index in [0.29, 0.717) is 28.1 Å². The summed E-state index contributed by atoms with van der Waals surface area (Å²) in [4.78, 5) is 4.44. The van der Waals surface area contributed by atoms with E-state index in [-0.39, 0.29) is 17.0 Å². The molecule has 0 bridgehead atoms. The Hall–Kier alpha value is -10.6. The second kappa shape index (κ2) is 20.9. The lowest BCUT2D eigenvalue weighted by molar-refractivity contribution is 0.590. The predicted octanol–water partition coefficient (Wildman–Crippen LogP) is 22.6. The van der Waals surface area contributed by atoms with Crippen LogP contribution in [0.1, 0.15) is 48.6 Å². The Morgan fingerprint density at radius 1 is 0.349 bits per heavy atom. The molecule has 0 saturated heterocycles. The number of anilines is 6. The van der Waals surface area contributed by atoms with Gasteiger partial charge in [-0.2, -0.15) is 0 Å². The molecule has 86 heavy (non-hydrogen) atoms. The van der Waals surface area contributed by atoms with Crippen LogP contribution in [0.5, 0.6) is 0 Å². The van der Waals surface area contributed by atoms with Gasteiger partial charge in [0.15, 0.2) is 0 Å². The van der Waals surface area contributed by atoms with Crippen molar-refractivity contribution in [3.8, 4) is 44.5 Å². The third-order valence-corrected chi connectivity index (χ3v) is 17.4. The number of para-hydroxylation sites is 1. The zero-order chi connectivity index (χ0) is 58.1. The van der Waals surface area contributed by atoms with E-state index in [1.54, 1.807) is 12.1 Å². The van der Waals surface area contributed by atoms with Crippen molar-refractivity contribution in [3.63, 3.8) is 0 Å². The molecule has 1 aromatic heterocycles. The number of benzene rings is 13. The van der Waals surface area contributed by atoms with Crippen molar-refractivity contribution in [2.75, 3.05) is 9.80 Å². The van der Waals surface area contributed by atoms with Crippen LogP contribution in [0.15, 0.2) is 302 Å². The predicted molar refractivity (Wildman–Crippen MR) is 353 cm³/mol. The highest BCUT2D eigenvalue weighted by Gasteiger charge is 2.50. The molecule has 0 unspecified atom stereocenters. The Labute approximate surface area is 500 Å². The van der Waals surface area contributed by atoms with Crippen LogP contribution in [0.3, 0.4) is 0 Å². The Morgan fingerprint density at radius 2 is 0.756 bits per heavy atom. The Kier molecular flexibility index (Phi) is 12.7. The van der Waals surface area contributed by atoms with Gasteiger partial charge in [-0.15, -0.1) is 0 Å². The molecule has 0 fully saturated rings. The van der Waals surface area contributed by atoms with E-state index in [2.05, 4.69) is 213 Å². The minimum atomic E-state index is -1.01. The fourth-order valence-corrected chi connectivity index (χ4v) is 13.4. The molecule has 5 heteroatoms. The van der Waals surface area contributed by atoms with Crippen LogP contribution in [0.25, 0.3) is 77.2 Å². The van der Waals surface area contributed by atoms with Crippen LogP contribution in [0.2, 0.25) is 0 Å². The van der Waals surface area contributed by atoms with Crippen molar-refractivity contribution in [1.29, 1.82) is 0 Å². The average Bonchev–Trinajstić information content (AvgIpc) is 1.50. The highest BCUT2D eigenvalue weighted by atomic mass is 19.1. The summed E-state index contributed by atoms with van der Waals surface area (Å²) in [7, 11) is 0. The van der Waals surface area contributed by atoms with E-state index >= 15 is 8.78 Å². The summed E-state index contributed by atoms with van der Waals surface area (Å²) in [5, 5.41) is 3.81. The molecule has 3 nitrogen and oxygen atoms in total. The van der Waals surface area contributed by atoms with E-state index < -0.39 is 5.41 Å². The Balaban J connectivity index is 1.06. The van der Waals surface area contributed by atoms with Gasteiger partial charge in [0.25, 0.3) is 0 Å². The highest BCUT2D eigenvalue weighted by molar-refractivity contribution is 6.22. The fourth-order valence-electron chi connectivity index (χ4n) is 13.4. The quantitative estimate of drug-likeness (QED) is 0.129. The lowest BCUT2D eigenvalue weighted by Crippen LogP contribution is -2.29. The van der Waals surface area contributed by atoms with Gasteiger partial charge in [-0.3, -0.25) is 0 Å². The maximum Gasteiger partial charge on any atom is 0.145 e. The molecule has 0 N–H and O–H groups in total. The molecular weight excluding hydrogens is 1050 g/mol. The molecule has 412 valence electrons. The maximum atomic E-state index is 17.3. The van der Waals surface area contributed by atoms with Crippen LogP contribution in [0, 0.1) is 11.6 Å². The molecule has 1 aliphatic carbocycles. The molecule has 0 amide bonds. The monoisotopic (exact) mass is 1110 g/mol. The normalized spacial score (nSPS) is 12.6. The smallest absolute Gasteiger partial charge is 0.145 e. The molecule has 0 atom stereocenters. The van der Waals surface area contributed by atoms with Crippen LogP contribution in [-0.4, -0.2) is 0 Å². The molecule has 15 rings (SSSR count). The molecule has 1 heterocycles. The summed E-state index contributed by atoms with van der Waals surface area (Å²) < 4.78 is 41.9. The first-order chi connectivity index (χ1) is 42.1. The summed E-state index contributed by atoms with van der Waals surface area (Å²) in [5.41, 5.74) is 17.2. The van der Waals surface area contributed by atoms with Gasteiger partial charge < -0.3 is 14.2 Å². The number of halogens is 2. The first-order valence-corrected chi connectivity index (χ1v) is 29.4. The minimum absolute atomic E-state index is 0.106. The van der Waals surface area contributed by atoms with E-state index in [0.717, 1.165) is 106 Å². The third kappa shape index (κ3) is 8.60. The number of nitrogens with zero attached hydrogens (tertiary/aromatic N) is 2. The van der Waals surface area contributed by atoms with Crippen molar-refractivity contribution in [2.24, 2.45) is 0 Å². The van der Waals surface area contributed by atoms with Crippen LogP contribution >= 0.6 is 0 Å². The Bertz CT molecular complexity index is 4810. The van der Waals surface area contributed by atoms with Gasteiger partial charge in [0.1, 0.15) is 22.8 Å². The largest absolute Gasteiger partial charge is 0.455 e. The topological polar surface area (TPSA) is 19.6 Å². The molecule has 1 aliphatic rings. The molecule has 0 aliphatic heterocycles. The first-order valence-electron chi connectivity index (χ1n) is 29.4. The molecule has 14 aromatic rings. The van der Waals surface area contributed by atoms with Crippen LogP contribution < -0.4 is 9.80 Å². The minimum Gasteiger partial charge on any atom is -0.455 e. The molecule has 13 aromatic carbocycles. The number of furan rings is 1. The summed E-state index contributed by atoms with van der Waals surface area (Å²) in [6, 6.07) is 102. The first kappa shape index (κ1) is 52.2. The number of hydrogen-bond donors (Lipinski definition) is 0.